The number of amides is 1. The molecule has 1 aliphatic heterocycles. The second-order valence-electron chi connectivity index (χ2n) is 13.2. The highest BCUT2D eigenvalue weighted by Crippen LogP contribution is 2.31. The third-order valence-corrected chi connectivity index (χ3v) is 10.4. The van der Waals surface area contributed by atoms with E-state index in [9.17, 15) is 31.5 Å². The molecule has 2 heterocycles. The third kappa shape index (κ3) is 9.98. The average molecular weight is 725 g/mol. The number of aliphatic hydroxyl groups is 1. The molecule has 4 atom stereocenters. The molecular weight excluding hydrogens is 677 g/mol. The average Bonchev–Trinajstić information content (AvgIpc) is 3.40. The van der Waals surface area contributed by atoms with E-state index in [0.717, 1.165) is 25.0 Å². The Bertz CT molecular complexity index is 1680. The molecule has 2 N–H and O–H groups in total. The highest BCUT2D eigenvalue weighted by molar-refractivity contribution is 7.92. The number of carbonyl (C=O) groups excluding carboxylic acids is 1. The van der Waals surface area contributed by atoms with Crippen LogP contribution in [-0.4, -0.2) is 86.0 Å². The van der Waals surface area contributed by atoms with E-state index in [1.165, 1.54) is 43.0 Å². The number of nitrogens with one attached hydrogen (secondary N) is 1. The number of likely N-dealkylation sites (N-methyl/N-ethyl adjacent to an activating group) is 1. The number of benzene rings is 2. The lowest BCUT2D eigenvalue weighted by Gasteiger charge is -2.36. The first-order chi connectivity index (χ1) is 23.5. The van der Waals surface area contributed by atoms with Crippen LogP contribution >= 0.6 is 0 Å². The molecule has 0 aliphatic carbocycles. The lowest BCUT2D eigenvalue weighted by molar-refractivity contribution is -0.137. The fraction of sp³-hybridized carbons (Fsp3) is 0.543. The maximum absolute atomic E-state index is 14.4. The zero-order valence-electron chi connectivity index (χ0n) is 29.3. The van der Waals surface area contributed by atoms with Crippen LogP contribution in [0.15, 0.2) is 51.9 Å². The molecule has 0 fully saturated rings. The van der Waals surface area contributed by atoms with Crippen molar-refractivity contribution in [3.63, 3.8) is 0 Å². The second kappa shape index (κ2) is 16.6. The number of nitrogens with zero attached hydrogens (tertiary/aromatic N) is 3. The summed E-state index contributed by atoms with van der Waals surface area (Å²) in [4.78, 5) is 17.8. The van der Waals surface area contributed by atoms with E-state index >= 15 is 0 Å². The van der Waals surface area contributed by atoms with Gasteiger partial charge in [0.2, 0.25) is 0 Å². The van der Waals surface area contributed by atoms with E-state index in [1.807, 2.05) is 25.8 Å². The molecule has 0 unspecified atom stereocenters. The van der Waals surface area contributed by atoms with Crippen LogP contribution in [-0.2, 0) is 27.5 Å². The van der Waals surface area contributed by atoms with Crippen LogP contribution in [0.4, 0.5) is 18.9 Å². The standard InChI is InChI=1S/C35H47F3N4O7S/c1-22-18-42(23(2)21-43)34(44)30-17-29(40-50(45,46)33-25(4)39-49-26(33)5)14-15-31(30)48-24(3)9-7-8-16-47-32(22)20-41(6)19-27-10-12-28(13-11-27)35(36,37)38/h10-15,17,22-24,32,40,43H,7-9,16,18-21H2,1-6H3/t22-,23-,24+,32+/m0/s1. The van der Waals surface area contributed by atoms with Crippen LogP contribution < -0.4 is 9.46 Å². The molecule has 0 radical (unpaired) electrons. The van der Waals surface area contributed by atoms with Gasteiger partial charge in [0, 0.05) is 37.8 Å². The zero-order valence-corrected chi connectivity index (χ0v) is 30.1. The molecule has 1 aliphatic rings. The van der Waals surface area contributed by atoms with Crippen molar-refractivity contribution in [2.24, 2.45) is 5.92 Å². The number of halogens is 3. The summed E-state index contributed by atoms with van der Waals surface area (Å²) in [5.41, 5.74) is 0.453. The van der Waals surface area contributed by atoms with E-state index in [-0.39, 0.29) is 64.6 Å². The highest BCUT2D eigenvalue weighted by Gasteiger charge is 2.32. The number of hydrogen-bond donors (Lipinski definition) is 2. The summed E-state index contributed by atoms with van der Waals surface area (Å²) in [6.07, 6.45) is -2.84. The van der Waals surface area contributed by atoms with Crippen LogP contribution in [0.2, 0.25) is 0 Å². The van der Waals surface area contributed by atoms with E-state index < -0.39 is 33.7 Å². The van der Waals surface area contributed by atoms with Crippen molar-refractivity contribution >= 4 is 21.6 Å². The lowest BCUT2D eigenvalue weighted by Crippen LogP contribution is -2.47. The molecule has 3 aromatic rings. The lowest BCUT2D eigenvalue weighted by atomic mass is 10.0. The Morgan fingerprint density at radius 3 is 2.44 bits per heavy atom. The summed E-state index contributed by atoms with van der Waals surface area (Å²) in [5, 5.41) is 14.0. The topological polar surface area (TPSA) is 134 Å². The number of anilines is 1. The van der Waals surface area contributed by atoms with Crippen molar-refractivity contribution < 1.29 is 45.5 Å². The maximum atomic E-state index is 14.4. The minimum Gasteiger partial charge on any atom is -0.490 e. The minimum atomic E-state index is -4.41. The van der Waals surface area contributed by atoms with Crippen molar-refractivity contribution in [3.05, 3.63) is 70.6 Å². The van der Waals surface area contributed by atoms with Crippen LogP contribution in [0.5, 0.6) is 5.75 Å². The van der Waals surface area contributed by atoms with E-state index in [4.69, 9.17) is 14.0 Å². The van der Waals surface area contributed by atoms with Gasteiger partial charge in [-0.2, -0.15) is 13.2 Å². The van der Waals surface area contributed by atoms with E-state index in [1.54, 1.807) is 13.0 Å². The fourth-order valence-electron chi connectivity index (χ4n) is 6.00. The SMILES string of the molecule is Cc1noc(C)c1S(=O)(=O)Nc1ccc2c(c1)C(=O)N([C@@H](C)CO)C[C@H](C)[C@@H](CN(C)Cc1ccc(C(F)(F)F)cc1)OCCCC[C@@H](C)O2. The summed E-state index contributed by atoms with van der Waals surface area (Å²) >= 11 is 0. The van der Waals surface area contributed by atoms with Crippen molar-refractivity contribution in [2.45, 2.75) is 89.7 Å². The number of hydrogen-bond acceptors (Lipinski definition) is 9. The Morgan fingerprint density at radius 2 is 1.82 bits per heavy atom. The Kier molecular flexibility index (Phi) is 13.0. The normalized spacial score (nSPS) is 20.6. The molecule has 2 aromatic carbocycles. The highest BCUT2D eigenvalue weighted by atomic mass is 32.2. The number of ether oxygens (including phenoxy) is 2. The fourth-order valence-corrected chi connectivity index (χ4v) is 7.38. The monoisotopic (exact) mass is 724 g/mol. The van der Waals surface area contributed by atoms with Gasteiger partial charge in [-0.05, 0) is 89.9 Å². The zero-order chi connectivity index (χ0) is 36.8. The first kappa shape index (κ1) is 39.1. The Hall–Kier alpha value is -3.66. The molecule has 11 nitrogen and oxygen atoms in total. The molecule has 0 spiro atoms. The van der Waals surface area contributed by atoms with Crippen LogP contribution in [0.1, 0.15) is 73.0 Å². The molecular formula is C35H47F3N4O7S. The third-order valence-electron chi connectivity index (χ3n) is 8.77. The summed E-state index contributed by atoms with van der Waals surface area (Å²) in [6, 6.07) is 8.97. The van der Waals surface area contributed by atoms with Crippen molar-refractivity contribution in [2.75, 3.05) is 38.1 Å². The van der Waals surface area contributed by atoms with Gasteiger partial charge < -0.3 is 24.0 Å². The number of carbonyl (C=O) groups is 1. The van der Waals surface area contributed by atoms with Gasteiger partial charge >= 0.3 is 6.18 Å². The number of fused-ring (bicyclic) bond motifs is 1. The van der Waals surface area contributed by atoms with Gasteiger partial charge in [0.15, 0.2) is 10.7 Å². The van der Waals surface area contributed by atoms with Gasteiger partial charge in [-0.25, -0.2) is 8.42 Å². The van der Waals surface area contributed by atoms with Gasteiger partial charge in [-0.15, -0.1) is 0 Å². The molecule has 1 amide bonds. The number of sulfonamides is 1. The van der Waals surface area contributed by atoms with Gasteiger partial charge in [-0.3, -0.25) is 14.4 Å². The maximum Gasteiger partial charge on any atom is 0.416 e. The predicted octanol–water partition coefficient (Wildman–Crippen LogP) is 6.04. The first-order valence-corrected chi connectivity index (χ1v) is 18.1. The summed E-state index contributed by atoms with van der Waals surface area (Å²) in [5.74, 6) is -0.296. The molecule has 0 saturated heterocycles. The molecule has 50 heavy (non-hydrogen) atoms. The number of aromatic nitrogens is 1. The van der Waals surface area contributed by atoms with Crippen molar-refractivity contribution in [3.8, 4) is 5.75 Å². The van der Waals surface area contributed by atoms with Gasteiger partial charge in [0.05, 0.1) is 36.0 Å². The minimum absolute atomic E-state index is 0.0903. The smallest absolute Gasteiger partial charge is 0.416 e. The molecule has 0 saturated carbocycles. The van der Waals surface area contributed by atoms with Gasteiger partial charge in [0.1, 0.15) is 11.4 Å². The van der Waals surface area contributed by atoms with Crippen molar-refractivity contribution in [1.82, 2.24) is 15.0 Å². The van der Waals surface area contributed by atoms with Crippen LogP contribution in [0.3, 0.4) is 0 Å². The Balaban J connectivity index is 1.62. The Labute approximate surface area is 291 Å². The number of rotatable bonds is 9. The number of aryl methyl sites for hydroxylation is 2. The van der Waals surface area contributed by atoms with Crippen LogP contribution in [0, 0.1) is 19.8 Å². The molecule has 15 heteroatoms. The Morgan fingerprint density at radius 1 is 1.12 bits per heavy atom. The second-order valence-corrected chi connectivity index (χ2v) is 14.8. The van der Waals surface area contributed by atoms with Crippen LogP contribution in [0.25, 0.3) is 0 Å². The predicted molar refractivity (Wildman–Crippen MR) is 181 cm³/mol. The molecule has 1 aromatic heterocycles. The molecule has 0 bridgehead atoms. The number of alkyl halides is 3. The quantitative estimate of drug-likeness (QED) is 0.271. The summed E-state index contributed by atoms with van der Waals surface area (Å²) < 4.78 is 86.0. The van der Waals surface area contributed by atoms with E-state index in [2.05, 4.69) is 9.88 Å². The van der Waals surface area contributed by atoms with Gasteiger partial charge in [-0.1, -0.05) is 24.2 Å². The van der Waals surface area contributed by atoms with Gasteiger partial charge in [0.25, 0.3) is 15.9 Å². The summed E-state index contributed by atoms with van der Waals surface area (Å²) in [7, 11) is -2.25. The van der Waals surface area contributed by atoms with Crippen molar-refractivity contribution in [1.29, 1.82) is 0 Å². The number of aliphatic hydroxyl groups excluding tert-OH is 1. The van der Waals surface area contributed by atoms with E-state index in [0.29, 0.717) is 31.7 Å². The summed E-state index contributed by atoms with van der Waals surface area (Å²) in [6.45, 7) is 9.70. The largest absolute Gasteiger partial charge is 0.490 e. The molecule has 276 valence electrons. The molecule has 4 rings (SSSR count). The first-order valence-electron chi connectivity index (χ1n) is 16.6.